The highest BCUT2D eigenvalue weighted by Crippen LogP contribution is 2.21. The first kappa shape index (κ1) is 13.8. The average Bonchev–Trinajstić information content (AvgIpc) is 2.97. The van der Waals surface area contributed by atoms with Gasteiger partial charge in [-0.2, -0.15) is 5.10 Å². The van der Waals surface area contributed by atoms with E-state index in [1.165, 1.54) is 5.56 Å². The van der Waals surface area contributed by atoms with Crippen LogP contribution in [0.5, 0.6) is 0 Å². The number of aromatic amines is 1. The molecule has 0 saturated carbocycles. The second kappa shape index (κ2) is 5.68. The van der Waals surface area contributed by atoms with Crippen LogP contribution in [0, 0.1) is 6.92 Å². The van der Waals surface area contributed by atoms with E-state index in [1.54, 1.807) is 0 Å². The van der Waals surface area contributed by atoms with Gasteiger partial charge in [0.2, 0.25) is 0 Å². The van der Waals surface area contributed by atoms with Crippen LogP contribution in [0.4, 0.5) is 0 Å². The minimum absolute atomic E-state index is 0.353. The fraction of sp³-hybridized carbons (Fsp3) is 0.125. The van der Waals surface area contributed by atoms with Gasteiger partial charge in [0, 0.05) is 10.6 Å². The van der Waals surface area contributed by atoms with Crippen molar-refractivity contribution >= 4 is 11.6 Å². The first-order chi connectivity index (χ1) is 10.1. The zero-order chi connectivity index (χ0) is 14.8. The van der Waals surface area contributed by atoms with Gasteiger partial charge in [0.1, 0.15) is 5.82 Å². The van der Waals surface area contributed by atoms with Crippen molar-refractivity contribution in [2.24, 2.45) is 5.73 Å². The second-order valence-electron chi connectivity index (χ2n) is 4.94. The highest BCUT2D eigenvalue weighted by Gasteiger charge is 2.14. The Morgan fingerprint density at radius 3 is 2.62 bits per heavy atom. The number of nitrogens with zero attached hydrogens (tertiary/aromatic N) is 2. The van der Waals surface area contributed by atoms with Crippen molar-refractivity contribution in [3.63, 3.8) is 0 Å². The SMILES string of the molecule is Cc1cccc(-c2n[nH]c([C@H](N)c3ccc(Cl)cc3)n2)c1. The third-order valence-electron chi connectivity index (χ3n) is 3.30. The van der Waals surface area contributed by atoms with Gasteiger partial charge in [-0.05, 0) is 30.7 Å². The van der Waals surface area contributed by atoms with Gasteiger partial charge in [0.15, 0.2) is 5.82 Å². The molecule has 0 radical (unpaired) electrons. The van der Waals surface area contributed by atoms with E-state index in [-0.39, 0.29) is 6.04 Å². The summed E-state index contributed by atoms with van der Waals surface area (Å²) in [5.74, 6) is 1.28. The molecule has 1 atom stereocenters. The Morgan fingerprint density at radius 2 is 1.90 bits per heavy atom. The Hall–Kier alpha value is -2.17. The van der Waals surface area contributed by atoms with Gasteiger partial charge in [-0.3, -0.25) is 5.10 Å². The lowest BCUT2D eigenvalue weighted by atomic mass is 10.1. The van der Waals surface area contributed by atoms with E-state index in [2.05, 4.69) is 15.2 Å². The van der Waals surface area contributed by atoms with E-state index >= 15 is 0 Å². The van der Waals surface area contributed by atoms with Crippen molar-refractivity contribution in [1.29, 1.82) is 0 Å². The van der Waals surface area contributed by atoms with Crippen molar-refractivity contribution in [2.75, 3.05) is 0 Å². The van der Waals surface area contributed by atoms with E-state index in [0.29, 0.717) is 16.7 Å². The highest BCUT2D eigenvalue weighted by molar-refractivity contribution is 6.30. The van der Waals surface area contributed by atoms with Crippen LogP contribution in [0.2, 0.25) is 5.02 Å². The Labute approximate surface area is 128 Å². The number of hydrogen-bond donors (Lipinski definition) is 2. The molecule has 3 aromatic rings. The Morgan fingerprint density at radius 1 is 1.14 bits per heavy atom. The molecule has 0 bridgehead atoms. The largest absolute Gasteiger partial charge is 0.318 e. The first-order valence-electron chi connectivity index (χ1n) is 6.64. The van der Waals surface area contributed by atoms with Crippen LogP contribution in [0.1, 0.15) is 23.0 Å². The van der Waals surface area contributed by atoms with E-state index < -0.39 is 0 Å². The molecule has 4 nitrogen and oxygen atoms in total. The van der Waals surface area contributed by atoms with Crippen molar-refractivity contribution in [3.05, 3.63) is 70.5 Å². The predicted molar refractivity (Wildman–Crippen MR) is 84.0 cm³/mol. The van der Waals surface area contributed by atoms with E-state index in [4.69, 9.17) is 17.3 Å². The summed E-state index contributed by atoms with van der Waals surface area (Å²) in [5, 5.41) is 7.85. The summed E-state index contributed by atoms with van der Waals surface area (Å²) in [4.78, 5) is 4.50. The molecule has 5 heteroatoms. The van der Waals surface area contributed by atoms with Crippen LogP contribution in [-0.4, -0.2) is 15.2 Å². The summed E-state index contributed by atoms with van der Waals surface area (Å²) in [6.45, 7) is 2.04. The number of hydrogen-bond acceptors (Lipinski definition) is 3. The van der Waals surface area contributed by atoms with Crippen molar-refractivity contribution < 1.29 is 0 Å². The zero-order valence-corrected chi connectivity index (χ0v) is 12.3. The predicted octanol–water partition coefficient (Wildman–Crippen LogP) is 3.48. The number of benzene rings is 2. The molecule has 0 fully saturated rings. The Balaban J connectivity index is 1.89. The number of rotatable bonds is 3. The summed E-state index contributed by atoms with van der Waals surface area (Å²) in [6, 6.07) is 15.1. The van der Waals surface area contributed by atoms with Gasteiger partial charge in [0.25, 0.3) is 0 Å². The Bertz CT molecular complexity index is 749. The minimum Gasteiger partial charge on any atom is -0.318 e. The molecule has 0 spiro atoms. The van der Waals surface area contributed by atoms with Crippen LogP contribution in [0.3, 0.4) is 0 Å². The van der Waals surface area contributed by atoms with Crippen LogP contribution in [-0.2, 0) is 0 Å². The molecular formula is C16H15ClN4. The molecule has 0 aliphatic rings. The van der Waals surface area contributed by atoms with Gasteiger partial charge in [-0.15, -0.1) is 0 Å². The number of aromatic nitrogens is 3. The molecule has 2 aromatic carbocycles. The third-order valence-corrected chi connectivity index (χ3v) is 3.55. The molecule has 1 heterocycles. The number of nitrogens with two attached hydrogens (primary N) is 1. The molecule has 0 amide bonds. The molecule has 3 N–H and O–H groups in total. The number of aryl methyl sites for hydroxylation is 1. The van der Waals surface area contributed by atoms with Crippen LogP contribution in [0.15, 0.2) is 48.5 Å². The highest BCUT2D eigenvalue weighted by atomic mass is 35.5. The molecule has 0 saturated heterocycles. The van der Waals surface area contributed by atoms with E-state index in [0.717, 1.165) is 11.1 Å². The smallest absolute Gasteiger partial charge is 0.181 e. The molecule has 1 aromatic heterocycles. The van der Waals surface area contributed by atoms with Gasteiger partial charge >= 0.3 is 0 Å². The lowest BCUT2D eigenvalue weighted by Crippen LogP contribution is -2.13. The lowest BCUT2D eigenvalue weighted by Gasteiger charge is -2.08. The summed E-state index contributed by atoms with van der Waals surface area (Å²) in [7, 11) is 0. The van der Waals surface area contributed by atoms with Gasteiger partial charge < -0.3 is 5.73 Å². The maximum atomic E-state index is 6.21. The Kier molecular flexibility index (Phi) is 3.73. The van der Waals surface area contributed by atoms with Crippen LogP contribution in [0.25, 0.3) is 11.4 Å². The van der Waals surface area contributed by atoms with Crippen molar-refractivity contribution in [1.82, 2.24) is 15.2 Å². The summed E-state index contributed by atoms with van der Waals surface area (Å²) in [6.07, 6.45) is 0. The zero-order valence-electron chi connectivity index (χ0n) is 11.5. The number of H-pyrrole nitrogens is 1. The fourth-order valence-electron chi connectivity index (χ4n) is 2.15. The molecule has 0 aliphatic heterocycles. The third kappa shape index (κ3) is 2.96. The lowest BCUT2D eigenvalue weighted by molar-refractivity contribution is 0.787. The number of nitrogens with one attached hydrogen (secondary N) is 1. The van der Waals surface area contributed by atoms with Gasteiger partial charge in [-0.1, -0.05) is 47.5 Å². The average molecular weight is 299 g/mol. The topological polar surface area (TPSA) is 67.6 Å². The standard InChI is InChI=1S/C16H15ClN4/c1-10-3-2-4-12(9-10)15-19-16(21-20-15)14(18)11-5-7-13(17)8-6-11/h2-9,14H,18H2,1H3,(H,19,20,21)/t14-/m1/s1. The quantitative estimate of drug-likeness (QED) is 0.778. The minimum atomic E-state index is -0.353. The first-order valence-corrected chi connectivity index (χ1v) is 7.01. The molecule has 0 unspecified atom stereocenters. The normalized spacial score (nSPS) is 12.3. The molecule has 106 valence electrons. The van der Waals surface area contributed by atoms with Gasteiger partial charge in [-0.25, -0.2) is 4.98 Å². The fourth-order valence-corrected chi connectivity index (χ4v) is 2.28. The molecule has 0 aliphatic carbocycles. The van der Waals surface area contributed by atoms with Gasteiger partial charge in [0.05, 0.1) is 6.04 Å². The second-order valence-corrected chi connectivity index (χ2v) is 5.38. The summed E-state index contributed by atoms with van der Waals surface area (Å²) < 4.78 is 0. The number of halogens is 1. The maximum absolute atomic E-state index is 6.21. The summed E-state index contributed by atoms with van der Waals surface area (Å²) in [5.41, 5.74) is 9.29. The van der Waals surface area contributed by atoms with Crippen LogP contribution >= 0.6 is 11.6 Å². The van der Waals surface area contributed by atoms with E-state index in [9.17, 15) is 0 Å². The van der Waals surface area contributed by atoms with Crippen molar-refractivity contribution in [3.8, 4) is 11.4 Å². The van der Waals surface area contributed by atoms with Crippen LogP contribution < -0.4 is 5.73 Å². The maximum Gasteiger partial charge on any atom is 0.181 e. The summed E-state index contributed by atoms with van der Waals surface area (Å²) >= 11 is 5.88. The molecule has 21 heavy (non-hydrogen) atoms. The molecule has 3 rings (SSSR count). The van der Waals surface area contributed by atoms with E-state index in [1.807, 2.05) is 55.5 Å². The molecular weight excluding hydrogens is 284 g/mol. The van der Waals surface area contributed by atoms with Crippen molar-refractivity contribution in [2.45, 2.75) is 13.0 Å². The monoisotopic (exact) mass is 298 g/mol.